The Kier molecular flexibility index (Phi) is 4.39. The first kappa shape index (κ1) is 12.8. The predicted octanol–water partition coefficient (Wildman–Crippen LogP) is 2.12. The summed E-state index contributed by atoms with van der Waals surface area (Å²) in [7, 11) is 0. The molecule has 1 aromatic rings. The second kappa shape index (κ2) is 5.82. The number of aromatic nitrogens is 2. The molecule has 17 heavy (non-hydrogen) atoms. The van der Waals surface area contributed by atoms with Gasteiger partial charge in [-0.2, -0.15) is 11.8 Å². The lowest BCUT2D eigenvalue weighted by molar-refractivity contribution is -0.133. The van der Waals surface area contributed by atoms with Gasteiger partial charge in [-0.3, -0.25) is 4.79 Å². The monoisotopic (exact) mass is 272 g/mol. The highest BCUT2D eigenvalue weighted by Crippen LogP contribution is 2.27. The fourth-order valence-corrected chi connectivity index (χ4v) is 3.91. The molecule has 1 N–H and O–H groups in total. The van der Waals surface area contributed by atoms with Crippen LogP contribution in [0.1, 0.15) is 12.1 Å². The predicted molar refractivity (Wildman–Crippen MR) is 70.8 cm³/mol. The maximum absolute atomic E-state index is 10.6. The number of aliphatic carboxylic acids is 1. The van der Waals surface area contributed by atoms with Crippen LogP contribution in [0, 0.1) is 12.8 Å². The lowest BCUT2D eigenvalue weighted by Crippen LogP contribution is -2.12. The van der Waals surface area contributed by atoms with E-state index in [2.05, 4.69) is 9.55 Å². The summed E-state index contributed by atoms with van der Waals surface area (Å²) in [5.74, 6) is 2.45. The summed E-state index contributed by atoms with van der Waals surface area (Å²) in [6, 6.07) is 0. The highest BCUT2D eigenvalue weighted by Gasteiger charge is 2.19. The first-order chi connectivity index (χ1) is 8.16. The Bertz CT molecular complexity index is 400. The summed E-state index contributed by atoms with van der Waals surface area (Å²) in [5, 5.41) is 9.53. The Morgan fingerprint density at radius 1 is 1.76 bits per heavy atom. The summed E-state index contributed by atoms with van der Waals surface area (Å²) in [6.07, 6.45) is 3.08. The first-order valence-electron chi connectivity index (χ1n) is 5.61. The minimum atomic E-state index is -0.793. The zero-order valence-electron chi connectivity index (χ0n) is 9.76. The minimum absolute atomic E-state index is 0.0792. The quantitative estimate of drug-likeness (QED) is 0.832. The fraction of sp³-hybridized carbons (Fsp3) is 0.636. The molecular formula is C11H16N2O2S2. The van der Waals surface area contributed by atoms with Crippen molar-refractivity contribution in [3.63, 3.8) is 0 Å². The topological polar surface area (TPSA) is 55.1 Å². The Hall–Kier alpha value is -0.620. The minimum Gasteiger partial charge on any atom is -0.481 e. The average Bonchev–Trinajstić information content (AvgIpc) is 2.89. The zero-order valence-corrected chi connectivity index (χ0v) is 11.4. The van der Waals surface area contributed by atoms with Gasteiger partial charge in [0.05, 0.1) is 5.75 Å². The Balaban J connectivity index is 2.03. The number of hydrogen-bond donors (Lipinski definition) is 1. The average molecular weight is 272 g/mol. The molecule has 94 valence electrons. The van der Waals surface area contributed by atoms with Crippen LogP contribution in [0.2, 0.25) is 0 Å². The van der Waals surface area contributed by atoms with E-state index in [4.69, 9.17) is 5.11 Å². The van der Waals surface area contributed by atoms with Gasteiger partial charge in [-0.15, -0.1) is 0 Å². The van der Waals surface area contributed by atoms with Gasteiger partial charge in [0, 0.05) is 18.4 Å². The van der Waals surface area contributed by atoms with Gasteiger partial charge in [0.15, 0.2) is 5.16 Å². The largest absolute Gasteiger partial charge is 0.481 e. The Morgan fingerprint density at radius 2 is 2.59 bits per heavy atom. The third-order valence-electron chi connectivity index (χ3n) is 2.81. The smallest absolute Gasteiger partial charge is 0.313 e. The van der Waals surface area contributed by atoms with E-state index >= 15 is 0 Å². The van der Waals surface area contributed by atoms with Gasteiger partial charge in [-0.1, -0.05) is 11.8 Å². The maximum Gasteiger partial charge on any atom is 0.313 e. The van der Waals surface area contributed by atoms with E-state index in [1.54, 1.807) is 0 Å². The third-order valence-corrected chi connectivity index (χ3v) is 5.01. The molecule has 0 radical (unpaired) electrons. The van der Waals surface area contributed by atoms with Crippen LogP contribution in [-0.2, 0) is 11.3 Å². The molecule has 2 rings (SSSR count). The van der Waals surface area contributed by atoms with Crippen molar-refractivity contribution in [2.45, 2.75) is 25.0 Å². The summed E-state index contributed by atoms with van der Waals surface area (Å²) < 4.78 is 2.16. The van der Waals surface area contributed by atoms with Crippen molar-refractivity contribution in [1.29, 1.82) is 0 Å². The van der Waals surface area contributed by atoms with Crippen molar-refractivity contribution < 1.29 is 9.90 Å². The number of aryl methyl sites for hydroxylation is 1. The molecule has 4 nitrogen and oxygen atoms in total. The van der Waals surface area contributed by atoms with Crippen LogP contribution in [0.4, 0.5) is 0 Å². The summed E-state index contributed by atoms with van der Waals surface area (Å²) >= 11 is 3.30. The van der Waals surface area contributed by atoms with E-state index in [0.717, 1.165) is 17.4 Å². The zero-order chi connectivity index (χ0) is 12.3. The normalized spacial score (nSPS) is 19.7. The van der Waals surface area contributed by atoms with E-state index in [9.17, 15) is 4.79 Å². The molecule has 0 bridgehead atoms. The van der Waals surface area contributed by atoms with Crippen molar-refractivity contribution in [2.75, 3.05) is 17.3 Å². The van der Waals surface area contributed by atoms with Crippen LogP contribution < -0.4 is 0 Å². The number of carboxylic acids is 1. The van der Waals surface area contributed by atoms with E-state index in [0.29, 0.717) is 5.92 Å². The highest BCUT2D eigenvalue weighted by atomic mass is 32.2. The van der Waals surface area contributed by atoms with Crippen molar-refractivity contribution in [1.82, 2.24) is 9.55 Å². The van der Waals surface area contributed by atoms with Gasteiger partial charge in [0.25, 0.3) is 0 Å². The fourth-order valence-electron chi connectivity index (χ4n) is 1.89. The molecule has 1 aliphatic rings. The number of carbonyl (C=O) groups is 1. The van der Waals surface area contributed by atoms with Gasteiger partial charge >= 0.3 is 5.97 Å². The summed E-state index contributed by atoms with van der Waals surface area (Å²) in [4.78, 5) is 14.9. The molecular weight excluding hydrogens is 256 g/mol. The lowest BCUT2D eigenvalue weighted by Gasteiger charge is -2.13. The van der Waals surface area contributed by atoms with E-state index in [-0.39, 0.29) is 5.75 Å². The van der Waals surface area contributed by atoms with Crippen LogP contribution in [0.5, 0.6) is 0 Å². The molecule has 2 heterocycles. The van der Waals surface area contributed by atoms with Crippen LogP contribution >= 0.6 is 23.5 Å². The van der Waals surface area contributed by atoms with Crippen molar-refractivity contribution in [2.24, 2.45) is 5.92 Å². The molecule has 0 spiro atoms. The van der Waals surface area contributed by atoms with E-state index in [1.165, 1.54) is 29.7 Å². The van der Waals surface area contributed by atoms with Gasteiger partial charge in [0.1, 0.15) is 0 Å². The van der Waals surface area contributed by atoms with Gasteiger partial charge in [-0.25, -0.2) is 4.98 Å². The molecule has 1 unspecified atom stereocenters. The molecule has 1 aliphatic heterocycles. The number of rotatable bonds is 5. The second-order valence-electron chi connectivity index (χ2n) is 4.20. The number of nitrogens with zero attached hydrogens (tertiary/aromatic N) is 2. The van der Waals surface area contributed by atoms with Crippen molar-refractivity contribution >= 4 is 29.5 Å². The summed E-state index contributed by atoms with van der Waals surface area (Å²) in [5.41, 5.74) is 1.12. The Labute approximate surface area is 109 Å². The molecule has 0 aromatic carbocycles. The molecule has 1 atom stereocenters. The van der Waals surface area contributed by atoms with Gasteiger partial charge < -0.3 is 9.67 Å². The molecule has 0 amide bonds. The molecule has 0 saturated carbocycles. The lowest BCUT2D eigenvalue weighted by atomic mass is 10.1. The van der Waals surface area contributed by atoms with Crippen LogP contribution in [0.3, 0.4) is 0 Å². The number of hydrogen-bond acceptors (Lipinski definition) is 4. The van der Waals surface area contributed by atoms with Crippen LogP contribution in [-0.4, -0.2) is 37.9 Å². The van der Waals surface area contributed by atoms with Crippen LogP contribution in [0.25, 0.3) is 0 Å². The molecule has 0 aliphatic carbocycles. The molecule has 1 aromatic heterocycles. The third kappa shape index (κ3) is 3.42. The number of carboxylic acid groups (broad SMARTS) is 1. The SMILES string of the molecule is Cc1cnc(SCC(=O)O)n1CC1CCSC1. The second-order valence-corrected chi connectivity index (χ2v) is 6.30. The molecule has 1 saturated heterocycles. The summed E-state index contributed by atoms with van der Waals surface area (Å²) in [6.45, 7) is 3.00. The number of thioether (sulfide) groups is 2. The number of imidazole rings is 1. The van der Waals surface area contributed by atoms with Crippen molar-refractivity contribution in [3.05, 3.63) is 11.9 Å². The first-order valence-corrected chi connectivity index (χ1v) is 7.75. The standard InChI is InChI=1S/C11H16N2O2S2/c1-8-4-12-11(17-7-10(14)15)13(8)5-9-2-3-16-6-9/h4,9H,2-3,5-7H2,1H3,(H,14,15). The van der Waals surface area contributed by atoms with E-state index < -0.39 is 5.97 Å². The van der Waals surface area contributed by atoms with Crippen LogP contribution in [0.15, 0.2) is 11.4 Å². The van der Waals surface area contributed by atoms with Gasteiger partial charge in [-0.05, 0) is 30.8 Å². The highest BCUT2D eigenvalue weighted by molar-refractivity contribution is 7.99. The van der Waals surface area contributed by atoms with E-state index in [1.807, 2.05) is 24.9 Å². The molecule has 6 heteroatoms. The van der Waals surface area contributed by atoms with Crippen molar-refractivity contribution in [3.8, 4) is 0 Å². The van der Waals surface area contributed by atoms with Gasteiger partial charge in [0.2, 0.25) is 0 Å². The maximum atomic E-state index is 10.6. The molecule has 1 fully saturated rings. The Morgan fingerprint density at radius 3 is 3.24 bits per heavy atom.